The first-order valence-corrected chi connectivity index (χ1v) is 6.25. The smallest absolute Gasteiger partial charge is 0.164 e. The van der Waals surface area contributed by atoms with Gasteiger partial charge >= 0.3 is 0 Å². The molecule has 2 rings (SSSR count). The molecule has 4 heteroatoms. The molecule has 0 amide bonds. The Balaban J connectivity index is 2.26. The van der Waals surface area contributed by atoms with Crippen LogP contribution in [0.1, 0.15) is 32.3 Å². The second-order valence-corrected chi connectivity index (χ2v) is 5.30. The van der Waals surface area contributed by atoms with Crippen molar-refractivity contribution in [3.05, 3.63) is 23.5 Å². The van der Waals surface area contributed by atoms with Crippen LogP contribution < -0.4 is 15.2 Å². The van der Waals surface area contributed by atoms with E-state index >= 15 is 0 Å². The molecule has 0 aliphatic heterocycles. The van der Waals surface area contributed by atoms with Crippen molar-refractivity contribution in [1.29, 1.82) is 0 Å². The predicted octanol–water partition coefficient (Wildman–Crippen LogP) is 2.66. The Morgan fingerprint density at radius 1 is 1.33 bits per heavy atom. The minimum absolute atomic E-state index is 0.0200. The third-order valence-electron chi connectivity index (χ3n) is 3.13. The van der Waals surface area contributed by atoms with Crippen molar-refractivity contribution in [1.82, 2.24) is 0 Å². The summed E-state index contributed by atoms with van der Waals surface area (Å²) in [6.07, 6.45) is 2.45. The number of ether oxygens (including phenoxy) is 2. The second kappa shape index (κ2) is 4.76. The quantitative estimate of drug-likeness (QED) is 0.877. The number of benzene rings is 1. The molecule has 0 bridgehead atoms. The average molecular weight is 253 g/mol. The van der Waals surface area contributed by atoms with Crippen LogP contribution in [0, 0.1) is 5.82 Å². The second-order valence-electron chi connectivity index (χ2n) is 5.30. The molecule has 1 aromatic carbocycles. The highest BCUT2D eigenvalue weighted by atomic mass is 19.1. The van der Waals surface area contributed by atoms with E-state index in [0.29, 0.717) is 23.5 Å². The molecule has 0 heterocycles. The maximum atomic E-state index is 14.0. The van der Waals surface area contributed by atoms with Gasteiger partial charge < -0.3 is 15.2 Å². The van der Waals surface area contributed by atoms with E-state index in [2.05, 4.69) is 0 Å². The van der Waals surface area contributed by atoms with Crippen LogP contribution in [-0.2, 0) is 6.42 Å². The summed E-state index contributed by atoms with van der Waals surface area (Å²) in [6.45, 7) is 3.79. The van der Waals surface area contributed by atoms with E-state index in [4.69, 9.17) is 15.2 Å². The zero-order valence-electron chi connectivity index (χ0n) is 11.1. The first-order valence-electron chi connectivity index (χ1n) is 6.25. The summed E-state index contributed by atoms with van der Waals surface area (Å²) in [4.78, 5) is 0. The molecule has 1 aliphatic carbocycles. The molecule has 0 aromatic heterocycles. The summed E-state index contributed by atoms with van der Waals surface area (Å²) in [5.74, 6) is 0.725. The van der Waals surface area contributed by atoms with Crippen LogP contribution in [0.15, 0.2) is 12.1 Å². The lowest BCUT2D eigenvalue weighted by Crippen LogP contribution is -2.25. The van der Waals surface area contributed by atoms with E-state index < -0.39 is 0 Å². The van der Waals surface area contributed by atoms with Gasteiger partial charge in [-0.3, -0.25) is 0 Å². The van der Waals surface area contributed by atoms with Gasteiger partial charge in [0.15, 0.2) is 11.5 Å². The van der Waals surface area contributed by atoms with E-state index in [1.165, 1.54) is 6.07 Å². The molecule has 1 saturated carbocycles. The van der Waals surface area contributed by atoms with E-state index in [9.17, 15) is 4.39 Å². The topological polar surface area (TPSA) is 44.5 Å². The van der Waals surface area contributed by atoms with Crippen molar-refractivity contribution in [3.8, 4) is 11.5 Å². The highest BCUT2D eigenvalue weighted by Crippen LogP contribution is 2.38. The van der Waals surface area contributed by atoms with Gasteiger partial charge in [0, 0.05) is 11.6 Å². The minimum atomic E-state index is -0.275. The molecule has 0 radical (unpaired) electrons. The average Bonchev–Trinajstić information content (AvgIpc) is 2.99. The predicted molar refractivity (Wildman–Crippen MR) is 68.6 cm³/mol. The molecular formula is C14H20FNO2. The van der Waals surface area contributed by atoms with E-state index in [1.54, 1.807) is 13.2 Å². The Labute approximate surface area is 107 Å². The normalized spacial score (nSPS) is 16.8. The molecule has 100 valence electrons. The van der Waals surface area contributed by atoms with Gasteiger partial charge in [0.1, 0.15) is 5.82 Å². The van der Waals surface area contributed by atoms with Gasteiger partial charge in [-0.05, 0) is 44.7 Å². The summed E-state index contributed by atoms with van der Waals surface area (Å²) in [5.41, 5.74) is 6.40. The fourth-order valence-electron chi connectivity index (χ4n) is 1.93. The van der Waals surface area contributed by atoms with Crippen molar-refractivity contribution in [2.24, 2.45) is 5.73 Å². The Hall–Kier alpha value is -1.29. The third kappa shape index (κ3) is 2.93. The van der Waals surface area contributed by atoms with Crippen LogP contribution in [0.5, 0.6) is 11.5 Å². The summed E-state index contributed by atoms with van der Waals surface area (Å²) in [6, 6.07) is 3.08. The highest BCUT2D eigenvalue weighted by Gasteiger charge is 2.38. The number of hydrogen-bond acceptors (Lipinski definition) is 3. The zero-order valence-corrected chi connectivity index (χ0v) is 11.1. The summed E-state index contributed by atoms with van der Waals surface area (Å²) in [7, 11) is 1.56. The van der Waals surface area contributed by atoms with Crippen LogP contribution in [0.3, 0.4) is 0 Å². The third-order valence-corrected chi connectivity index (χ3v) is 3.13. The maximum absolute atomic E-state index is 14.0. The van der Waals surface area contributed by atoms with Crippen LogP contribution >= 0.6 is 0 Å². The molecule has 1 aliphatic rings. The van der Waals surface area contributed by atoms with Gasteiger partial charge in [-0.2, -0.15) is 0 Å². The van der Waals surface area contributed by atoms with Crippen molar-refractivity contribution < 1.29 is 13.9 Å². The Morgan fingerprint density at radius 3 is 2.50 bits per heavy atom. The molecule has 0 saturated heterocycles. The number of rotatable bonds is 5. The Kier molecular flexibility index (Phi) is 3.48. The van der Waals surface area contributed by atoms with E-state index in [0.717, 1.165) is 12.8 Å². The Bertz CT molecular complexity index is 442. The largest absolute Gasteiger partial charge is 0.493 e. The van der Waals surface area contributed by atoms with Crippen molar-refractivity contribution in [3.63, 3.8) is 0 Å². The molecule has 1 fully saturated rings. The van der Waals surface area contributed by atoms with Gasteiger partial charge in [0.2, 0.25) is 0 Å². The lowest BCUT2D eigenvalue weighted by Gasteiger charge is -2.16. The summed E-state index contributed by atoms with van der Waals surface area (Å²) < 4.78 is 24.7. The standard InChI is InChI=1S/C14H20FNO2/c1-9(2)18-13-7-11(15)10(6-12(13)17-3)8-14(16)4-5-14/h6-7,9H,4-5,8,16H2,1-3H3. The maximum Gasteiger partial charge on any atom is 0.164 e. The van der Waals surface area contributed by atoms with E-state index in [-0.39, 0.29) is 17.5 Å². The van der Waals surface area contributed by atoms with Crippen LogP contribution in [0.2, 0.25) is 0 Å². The fourth-order valence-corrected chi connectivity index (χ4v) is 1.93. The molecule has 0 spiro atoms. The first kappa shape index (κ1) is 13.1. The first-order chi connectivity index (χ1) is 8.43. The summed E-state index contributed by atoms with van der Waals surface area (Å²) in [5, 5.41) is 0. The monoisotopic (exact) mass is 253 g/mol. The van der Waals surface area contributed by atoms with Crippen molar-refractivity contribution in [2.75, 3.05) is 7.11 Å². The van der Waals surface area contributed by atoms with Crippen LogP contribution in [0.25, 0.3) is 0 Å². The summed E-state index contributed by atoms with van der Waals surface area (Å²) >= 11 is 0. The van der Waals surface area contributed by atoms with Gasteiger partial charge in [-0.15, -0.1) is 0 Å². The number of hydrogen-bond donors (Lipinski definition) is 1. The molecule has 2 N–H and O–H groups in total. The number of methoxy groups -OCH3 is 1. The lowest BCUT2D eigenvalue weighted by molar-refractivity contribution is 0.228. The number of nitrogens with two attached hydrogens (primary N) is 1. The molecule has 18 heavy (non-hydrogen) atoms. The lowest BCUT2D eigenvalue weighted by atomic mass is 10.0. The molecule has 0 atom stereocenters. The highest BCUT2D eigenvalue weighted by molar-refractivity contribution is 5.44. The van der Waals surface area contributed by atoms with E-state index in [1.807, 2.05) is 13.8 Å². The molecular weight excluding hydrogens is 233 g/mol. The number of halogens is 1. The molecule has 3 nitrogen and oxygen atoms in total. The van der Waals surface area contributed by atoms with Gasteiger partial charge in [-0.25, -0.2) is 4.39 Å². The van der Waals surface area contributed by atoms with Crippen LogP contribution in [-0.4, -0.2) is 18.8 Å². The molecule has 0 unspecified atom stereocenters. The van der Waals surface area contributed by atoms with Crippen molar-refractivity contribution in [2.45, 2.75) is 44.8 Å². The Morgan fingerprint density at radius 2 is 2.00 bits per heavy atom. The van der Waals surface area contributed by atoms with Gasteiger partial charge in [0.25, 0.3) is 0 Å². The van der Waals surface area contributed by atoms with Gasteiger partial charge in [0.05, 0.1) is 13.2 Å². The van der Waals surface area contributed by atoms with Crippen LogP contribution in [0.4, 0.5) is 4.39 Å². The van der Waals surface area contributed by atoms with Gasteiger partial charge in [-0.1, -0.05) is 0 Å². The SMILES string of the molecule is COc1cc(CC2(N)CC2)c(F)cc1OC(C)C. The van der Waals surface area contributed by atoms with Crippen molar-refractivity contribution >= 4 is 0 Å². The molecule has 1 aromatic rings. The minimum Gasteiger partial charge on any atom is -0.493 e. The zero-order chi connectivity index (χ0) is 13.3. The fraction of sp³-hybridized carbons (Fsp3) is 0.571.